The molecule has 0 saturated heterocycles. The molecule has 0 radical (unpaired) electrons. The lowest BCUT2D eigenvalue weighted by molar-refractivity contribution is -0.138. The summed E-state index contributed by atoms with van der Waals surface area (Å²) in [6, 6.07) is 6.94. The fraction of sp³-hybridized carbons (Fsp3) is 0.0769. The lowest BCUT2D eigenvalue weighted by Gasteiger charge is -2.12. The Morgan fingerprint density at radius 1 is 1.00 bits per heavy atom. The minimum atomic E-state index is -4.69. The van der Waals surface area contributed by atoms with Gasteiger partial charge in [-0.3, -0.25) is 4.72 Å². The van der Waals surface area contributed by atoms with E-state index in [4.69, 9.17) is 0 Å². The van der Waals surface area contributed by atoms with Gasteiger partial charge in [-0.05, 0) is 42.5 Å². The van der Waals surface area contributed by atoms with Crippen LogP contribution in [0.5, 0.6) is 0 Å². The minimum absolute atomic E-state index is 0.0397. The van der Waals surface area contributed by atoms with Gasteiger partial charge in [-0.25, -0.2) is 12.8 Å². The van der Waals surface area contributed by atoms with Crippen LogP contribution in [0.4, 0.5) is 23.2 Å². The molecule has 9 heteroatoms. The van der Waals surface area contributed by atoms with Crippen LogP contribution in [0.2, 0.25) is 0 Å². The van der Waals surface area contributed by atoms with E-state index in [0.717, 1.165) is 36.4 Å². The second kappa shape index (κ2) is 5.88. The van der Waals surface area contributed by atoms with Crippen LogP contribution in [0.15, 0.2) is 51.8 Å². The Hall–Kier alpha value is -1.61. The van der Waals surface area contributed by atoms with Crippen LogP contribution in [0.3, 0.4) is 0 Å². The van der Waals surface area contributed by atoms with Gasteiger partial charge in [0.15, 0.2) is 0 Å². The van der Waals surface area contributed by atoms with Gasteiger partial charge in [-0.2, -0.15) is 13.2 Å². The number of rotatable bonds is 3. The molecule has 0 bridgehead atoms. The van der Waals surface area contributed by atoms with Gasteiger partial charge >= 0.3 is 6.18 Å². The number of anilines is 1. The third-order valence-corrected chi connectivity index (χ3v) is 4.72. The van der Waals surface area contributed by atoms with Crippen molar-refractivity contribution in [3.63, 3.8) is 0 Å². The normalized spacial score (nSPS) is 12.2. The van der Waals surface area contributed by atoms with Crippen LogP contribution in [0, 0.1) is 5.82 Å². The quantitative estimate of drug-likeness (QED) is 0.779. The van der Waals surface area contributed by atoms with Gasteiger partial charge in [-0.1, -0.05) is 15.9 Å². The average molecular weight is 398 g/mol. The van der Waals surface area contributed by atoms with Crippen LogP contribution in [-0.2, 0) is 16.2 Å². The molecule has 2 aromatic rings. The molecule has 1 N–H and O–H groups in total. The molecule has 2 aromatic carbocycles. The summed E-state index contributed by atoms with van der Waals surface area (Å²) in [6.45, 7) is 0. The van der Waals surface area contributed by atoms with Crippen molar-refractivity contribution in [1.29, 1.82) is 0 Å². The number of hydrogen-bond acceptors (Lipinski definition) is 2. The first kappa shape index (κ1) is 16.8. The molecule has 0 atom stereocenters. The SMILES string of the molecule is O=S(=O)(Nc1ccc(F)cc1)c1ccc(Br)c(C(F)(F)F)c1. The zero-order valence-corrected chi connectivity index (χ0v) is 13.1. The predicted molar refractivity (Wildman–Crippen MR) is 76.4 cm³/mol. The van der Waals surface area contributed by atoms with Crippen molar-refractivity contribution in [3.8, 4) is 0 Å². The van der Waals surface area contributed by atoms with E-state index >= 15 is 0 Å². The summed E-state index contributed by atoms with van der Waals surface area (Å²) >= 11 is 2.73. The molecular weight excluding hydrogens is 390 g/mol. The van der Waals surface area contributed by atoms with Crippen LogP contribution in [0.25, 0.3) is 0 Å². The van der Waals surface area contributed by atoms with E-state index in [0.29, 0.717) is 6.07 Å². The molecule has 0 aliphatic heterocycles. The van der Waals surface area contributed by atoms with E-state index < -0.39 is 32.5 Å². The number of benzene rings is 2. The van der Waals surface area contributed by atoms with Crippen molar-refractivity contribution in [3.05, 3.63) is 58.3 Å². The molecule has 0 aliphatic carbocycles. The summed E-state index contributed by atoms with van der Waals surface area (Å²) < 4.78 is 77.2. The van der Waals surface area contributed by atoms with Gasteiger partial charge < -0.3 is 0 Å². The van der Waals surface area contributed by atoms with E-state index in [-0.39, 0.29) is 10.2 Å². The average Bonchev–Trinajstić information content (AvgIpc) is 2.40. The molecular formula is C13H8BrF4NO2S. The van der Waals surface area contributed by atoms with Crippen LogP contribution in [-0.4, -0.2) is 8.42 Å². The highest BCUT2D eigenvalue weighted by Gasteiger charge is 2.34. The van der Waals surface area contributed by atoms with Gasteiger partial charge in [0.2, 0.25) is 0 Å². The maximum atomic E-state index is 12.8. The number of hydrogen-bond donors (Lipinski definition) is 1. The van der Waals surface area contributed by atoms with Crippen molar-refractivity contribution in [2.24, 2.45) is 0 Å². The van der Waals surface area contributed by atoms with Crippen LogP contribution < -0.4 is 4.72 Å². The molecule has 3 nitrogen and oxygen atoms in total. The standard InChI is InChI=1S/C13H8BrF4NO2S/c14-12-6-5-10(7-11(12)13(16,17)18)22(20,21)19-9-3-1-8(15)2-4-9/h1-7,19H. The summed E-state index contributed by atoms with van der Waals surface area (Å²) in [6.07, 6.45) is -4.69. The van der Waals surface area contributed by atoms with E-state index in [1.54, 1.807) is 0 Å². The summed E-state index contributed by atoms with van der Waals surface area (Å²) in [7, 11) is -4.22. The van der Waals surface area contributed by atoms with Gasteiger partial charge in [0.05, 0.1) is 10.5 Å². The number of halogens is 5. The second-order valence-corrected chi connectivity index (χ2v) is 6.79. The molecule has 0 aromatic heterocycles. The Kier molecular flexibility index (Phi) is 4.48. The summed E-state index contributed by atoms with van der Waals surface area (Å²) in [5, 5.41) is 0. The Bertz CT molecular complexity index is 789. The Morgan fingerprint density at radius 2 is 1.59 bits per heavy atom. The van der Waals surface area contributed by atoms with Gasteiger partial charge in [0.1, 0.15) is 5.82 Å². The molecule has 2 rings (SSSR count). The zero-order valence-electron chi connectivity index (χ0n) is 10.7. The number of sulfonamides is 1. The molecule has 0 unspecified atom stereocenters. The molecule has 0 fully saturated rings. The van der Waals surface area contributed by atoms with Crippen molar-refractivity contribution in [2.75, 3.05) is 4.72 Å². The van der Waals surface area contributed by atoms with Crippen LogP contribution >= 0.6 is 15.9 Å². The lowest BCUT2D eigenvalue weighted by atomic mass is 10.2. The molecule has 0 aliphatic rings. The highest BCUT2D eigenvalue weighted by Crippen LogP contribution is 2.36. The minimum Gasteiger partial charge on any atom is -0.280 e. The van der Waals surface area contributed by atoms with Crippen molar-refractivity contribution >= 4 is 31.6 Å². The van der Waals surface area contributed by atoms with Crippen molar-refractivity contribution in [1.82, 2.24) is 0 Å². The second-order valence-electron chi connectivity index (χ2n) is 4.25. The molecule has 0 spiro atoms. The smallest absolute Gasteiger partial charge is 0.280 e. The highest BCUT2D eigenvalue weighted by atomic mass is 79.9. The summed E-state index contributed by atoms with van der Waals surface area (Å²) in [5.74, 6) is -0.564. The first-order chi connectivity index (χ1) is 10.1. The Morgan fingerprint density at radius 3 is 2.14 bits per heavy atom. The fourth-order valence-electron chi connectivity index (χ4n) is 1.62. The summed E-state index contributed by atoms with van der Waals surface area (Å²) in [4.78, 5) is -0.549. The fourth-order valence-corrected chi connectivity index (χ4v) is 3.18. The predicted octanol–water partition coefficient (Wildman–Crippen LogP) is 4.41. The number of nitrogens with one attached hydrogen (secondary N) is 1. The maximum Gasteiger partial charge on any atom is 0.417 e. The number of alkyl halides is 3. The largest absolute Gasteiger partial charge is 0.417 e. The first-order valence-electron chi connectivity index (χ1n) is 5.75. The van der Waals surface area contributed by atoms with E-state index in [1.807, 2.05) is 0 Å². The van der Waals surface area contributed by atoms with Crippen LogP contribution in [0.1, 0.15) is 5.56 Å². The highest BCUT2D eigenvalue weighted by molar-refractivity contribution is 9.10. The van der Waals surface area contributed by atoms with Gasteiger partial charge in [0, 0.05) is 10.2 Å². The first-order valence-corrected chi connectivity index (χ1v) is 8.02. The Balaban J connectivity index is 2.39. The molecule has 22 heavy (non-hydrogen) atoms. The van der Waals surface area contributed by atoms with Crippen molar-refractivity contribution < 1.29 is 26.0 Å². The van der Waals surface area contributed by atoms with E-state index in [1.165, 1.54) is 0 Å². The van der Waals surface area contributed by atoms with E-state index in [2.05, 4.69) is 20.7 Å². The maximum absolute atomic E-state index is 12.8. The monoisotopic (exact) mass is 397 g/mol. The molecule has 0 amide bonds. The lowest BCUT2D eigenvalue weighted by Crippen LogP contribution is -2.15. The molecule has 0 heterocycles. The third-order valence-electron chi connectivity index (χ3n) is 2.65. The topological polar surface area (TPSA) is 46.2 Å². The van der Waals surface area contributed by atoms with Gasteiger partial charge in [0.25, 0.3) is 10.0 Å². The molecule has 0 saturated carbocycles. The summed E-state index contributed by atoms with van der Waals surface area (Å²) in [5.41, 5.74) is -1.06. The van der Waals surface area contributed by atoms with E-state index in [9.17, 15) is 26.0 Å². The van der Waals surface area contributed by atoms with Crippen molar-refractivity contribution in [2.45, 2.75) is 11.1 Å². The Labute approximate surface area is 132 Å². The molecule has 118 valence electrons. The van der Waals surface area contributed by atoms with Gasteiger partial charge in [-0.15, -0.1) is 0 Å². The zero-order chi connectivity index (χ0) is 16.5. The third kappa shape index (κ3) is 3.77.